The lowest BCUT2D eigenvalue weighted by atomic mass is 10.3. The van der Waals surface area contributed by atoms with E-state index < -0.39 is 29.0 Å². The molecule has 1 rings (SSSR count). The van der Waals surface area contributed by atoms with E-state index >= 15 is 0 Å². The molecule has 0 aromatic carbocycles. The second-order valence-electron chi connectivity index (χ2n) is 3.43. The summed E-state index contributed by atoms with van der Waals surface area (Å²) in [5.41, 5.74) is 4.79. The van der Waals surface area contributed by atoms with Crippen molar-refractivity contribution in [3.8, 4) is 0 Å². The van der Waals surface area contributed by atoms with Crippen LogP contribution in [0.4, 0.5) is 8.78 Å². The molecule has 0 aliphatic rings. The summed E-state index contributed by atoms with van der Waals surface area (Å²) >= 11 is 0. The summed E-state index contributed by atoms with van der Waals surface area (Å²) in [5, 5.41) is -0.234. The number of aromatic amines is 1. The molecule has 1 aromatic heterocycles. The summed E-state index contributed by atoms with van der Waals surface area (Å²) in [4.78, 5) is 6.30. The molecule has 0 saturated heterocycles. The fourth-order valence-electron chi connectivity index (χ4n) is 1.01. The predicted octanol–water partition coefficient (Wildman–Crippen LogP) is -0.156. The lowest BCUT2D eigenvalue weighted by Gasteiger charge is -2.13. The third-order valence-corrected chi connectivity index (χ3v) is 3.36. The summed E-state index contributed by atoms with van der Waals surface area (Å²) in [6.07, 6.45) is 1.61. The highest BCUT2D eigenvalue weighted by Crippen LogP contribution is 2.12. The van der Waals surface area contributed by atoms with Crippen LogP contribution in [0.3, 0.4) is 0 Å². The van der Waals surface area contributed by atoms with Gasteiger partial charge in [0.1, 0.15) is 5.82 Å². The number of nitrogens with two attached hydrogens (primary N) is 1. The molecule has 0 fully saturated rings. The molecule has 0 spiro atoms. The Morgan fingerprint density at radius 1 is 1.59 bits per heavy atom. The van der Waals surface area contributed by atoms with Gasteiger partial charge in [-0.15, -0.1) is 0 Å². The van der Waals surface area contributed by atoms with Crippen molar-refractivity contribution in [2.75, 3.05) is 13.1 Å². The van der Waals surface area contributed by atoms with E-state index in [0.717, 1.165) is 6.20 Å². The Kier molecular flexibility index (Phi) is 4.17. The van der Waals surface area contributed by atoms with E-state index in [0.29, 0.717) is 12.2 Å². The summed E-state index contributed by atoms with van der Waals surface area (Å²) in [5.74, 6) is -2.79. The Hall–Kier alpha value is -1.06. The zero-order valence-electron chi connectivity index (χ0n) is 9.20. The molecule has 1 aromatic rings. The van der Waals surface area contributed by atoms with Gasteiger partial charge in [-0.05, 0) is 0 Å². The normalized spacial score (nSPS) is 12.9. The zero-order chi connectivity index (χ0) is 13.1. The van der Waals surface area contributed by atoms with Crippen LogP contribution in [-0.2, 0) is 16.4 Å². The van der Waals surface area contributed by atoms with Crippen LogP contribution in [0.5, 0.6) is 0 Å². The van der Waals surface area contributed by atoms with Gasteiger partial charge in [-0.3, -0.25) is 0 Å². The summed E-state index contributed by atoms with van der Waals surface area (Å²) in [6, 6.07) is 0. The number of H-pyrrole nitrogens is 1. The minimum Gasteiger partial charge on any atom is -0.332 e. The first-order valence-corrected chi connectivity index (χ1v) is 6.40. The third-order valence-electron chi connectivity index (χ3n) is 2.05. The van der Waals surface area contributed by atoms with Crippen LogP contribution in [0.2, 0.25) is 0 Å². The van der Waals surface area contributed by atoms with Gasteiger partial charge in [-0.2, -0.15) is 0 Å². The maximum absolute atomic E-state index is 12.8. The number of nitrogens with zero attached hydrogens (tertiary/aromatic N) is 1. The van der Waals surface area contributed by atoms with Crippen LogP contribution in [0.25, 0.3) is 0 Å². The Labute approximate surface area is 97.7 Å². The number of imidazole rings is 1. The van der Waals surface area contributed by atoms with Crippen LogP contribution in [-0.4, -0.2) is 37.4 Å². The van der Waals surface area contributed by atoms with Crippen LogP contribution >= 0.6 is 0 Å². The molecule has 98 valence electrons. The van der Waals surface area contributed by atoms with Crippen molar-refractivity contribution in [3.05, 3.63) is 12.0 Å². The largest absolute Gasteiger partial charge is 0.332 e. The molecule has 1 heterocycles. The lowest BCUT2D eigenvalue weighted by Crippen LogP contribution is -2.41. The number of alkyl halides is 2. The van der Waals surface area contributed by atoms with E-state index in [9.17, 15) is 17.2 Å². The van der Waals surface area contributed by atoms with Crippen molar-refractivity contribution >= 4 is 10.0 Å². The van der Waals surface area contributed by atoms with Crippen molar-refractivity contribution in [3.63, 3.8) is 0 Å². The first-order valence-electron chi connectivity index (χ1n) is 4.92. The average Bonchev–Trinajstić information content (AvgIpc) is 2.76. The number of hydrogen-bond acceptors (Lipinski definition) is 4. The van der Waals surface area contributed by atoms with E-state index in [-0.39, 0.29) is 5.03 Å². The molecule has 6 nitrogen and oxygen atoms in total. The minimum absolute atomic E-state index is 0.234. The minimum atomic E-state index is -4.00. The quantitative estimate of drug-likeness (QED) is 0.667. The molecule has 0 unspecified atom stereocenters. The van der Waals surface area contributed by atoms with Crippen molar-refractivity contribution in [1.29, 1.82) is 0 Å². The van der Waals surface area contributed by atoms with Gasteiger partial charge in [0.2, 0.25) is 0 Å². The highest BCUT2D eigenvalue weighted by atomic mass is 32.2. The molecule has 0 atom stereocenters. The van der Waals surface area contributed by atoms with Gasteiger partial charge in [-0.25, -0.2) is 26.9 Å². The Morgan fingerprint density at radius 3 is 2.71 bits per heavy atom. The van der Waals surface area contributed by atoms with E-state index in [1.807, 2.05) is 0 Å². The molecule has 0 amide bonds. The Bertz CT molecular complexity index is 472. The second kappa shape index (κ2) is 5.07. The molecular formula is C8H14F2N4O2S. The van der Waals surface area contributed by atoms with Gasteiger partial charge in [0.05, 0.1) is 19.3 Å². The Balaban J connectivity index is 2.76. The number of halogens is 2. The van der Waals surface area contributed by atoms with Crippen molar-refractivity contribution < 1.29 is 17.2 Å². The molecule has 0 aliphatic heterocycles. The topological polar surface area (TPSA) is 101 Å². The number of nitrogens with one attached hydrogen (secondary N) is 2. The van der Waals surface area contributed by atoms with Crippen LogP contribution in [0, 0.1) is 0 Å². The molecule has 9 heteroatoms. The van der Waals surface area contributed by atoms with Gasteiger partial charge >= 0.3 is 0 Å². The maximum atomic E-state index is 12.8. The van der Waals surface area contributed by atoms with Gasteiger partial charge in [0.15, 0.2) is 5.03 Å². The van der Waals surface area contributed by atoms with Gasteiger partial charge in [-0.1, -0.05) is 6.92 Å². The monoisotopic (exact) mass is 268 g/mol. The average molecular weight is 268 g/mol. The first-order chi connectivity index (χ1) is 7.80. The van der Waals surface area contributed by atoms with Crippen LogP contribution < -0.4 is 10.5 Å². The van der Waals surface area contributed by atoms with Gasteiger partial charge in [0, 0.05) is 6.42 Å². The van der Waals surface area contributed by atoms with Gasteiger partial charge < -0.3 is 10.7 Å². The van der Waals surface area contributed by atoms with Gasteiger partial charge in [0.25, 0.3) is 15.9 Å². The third kappa shape index (κ3) is 3.72. The van der Waals surface area contributed by atoms with Crippen LogP contribution in [0.1, 0.15) is 12.7 Å². The number of rotatable bonds is 6. The van der Waals surface area contributed by atoms with Crippen molar-refractivity contribution in [2.45, 2.75) is 24.3 Å². The van der Waals surface area contributed by atoms with Crippen LogP contribution in [0.15, 0.2) is 11.2 Å². The fraction of sp³-hybridized carbons (Fsp3) is 0.625. The fourth-order valence-corrected chi connectivity index (χ4v) is 2.01. The molecule has 0 bridgehead atoms. The molecule has 4 N–H and O–H groups in total. The maximum Gasteiger partial charge on any atom is 0.273 e. The number of aromatic nitrogens is 2. The van der Waals surface area contributed by atoms with Crippen molar-refractivity contribution in [1.82, 2.24) is 14.7 Å². The highest BCUT2D eigenvalue weighted by Gasteiger charge is 2.29. The van der Waals surface area contributed by atoms with E-state index in [1.54, 1.807) is 11.6 Å². The number of aryl methyl sites for hydroxylation is 1. The SMILES string of the molecule is CCc1ncc(S(=O)(=O)NCC(F)(F)CN)[nH]1. The summed E-state index contributed by atoms with van der Waals surface area (Å²) in [6.45, 7) is -0.170. The van der Waals surface area contributed by atoms with Crippen molar-refractivity contribution in [2.24, 2.45) is 5.73 Å². The van der Waals surface area contributed by atoms with E-state index in [1.165, 1.54) is 0 Å². The zero-order valence-corrected chi connectivity index (χ0v) is 10.0. The predicted molar refractivity (Wildman–Crippen MR) is 57.2 cm³/mol. The first kappa shape index (κ1) is 14.0. The highest BCUT2D eigenvalue weighted by molar-refractivity contribution is 7.89. The summed E-state index contributed by atoms with van der Waals surface area (Å²) < 4.78 is 50.5. The molecule has 17 heavy (non-hydrogen) atoms. The molecular weight excluding hydrogens is 254 g/mol. The molecule has 0 saturated carbocycles. The number of sulfonamides is 1. The lowest BCUT2D eigenvalue weighted by molar-refractivity contribution is 0.0170. The number of hydrogen-bond donors (Lipinski definition) is 3. The van der Waals surface area contributed by atoms with E-state index in [4.69, 9.17) is 5.73 Å². The standard InChI is InChI=1S/C8H14F2N4O2S/c1-2-6-12-3-7(14-6)17(15,16)13-5-8(9,10)4-11/h3,13H,2,4-5,11H2,1H3,(H,12,14). The summed E-state index contributed by atoms with van der Waals surface area (Å²) in [7, 11) is -4.00. The molecule has 0 radical (unpaired) electrons. The van der Waals surface area contributed by atoms with E-state index in [2.05, 4.69) is 9.97 Å². The second-order valence-corrected chi connectivity index (χ2v) is 5.17. The molecule has 0 aliphatic carbocycles. The smallest absolute Gasteiger partial charge is 0.273 e. The Morgan fingerprint density at radius 2 is 2.24 bits per heavy atom.